The fraction of sp³-hybridized carbons (Fsp3) is 0.533. The summed E-state index contributed by atoms with van der Waals surface area (Å²) in [6, 6.07) is 8.03. The van der Waals surface area contributed by atoms with Crippen LogP contribution in [0.2, 0.25) is 0 Å². The zero-order chi connectivity index (χ0) is 13.1. The minimum Gasteiger partial charge on any atom is -0.399 e. The number of nitrogen functional groups attached to an aromatic ring is 1. The molecule has 0 aliphatic carbocycles. The molecule has 1 atom stereocenters. The van der Waals surface area contributed by atoms with E-state index in [1.165, 1.54) is 5.56 Å². The van der Waals surface area contributed by atoms with Crippen LogP contribution in [0.3, 0.4) is 0 Å². The van der Waals surface area contributed by atoms with Gasteiger partial charge in [-0.15, -0.1) is 0 Å². The van der Waals surface area contributed by atoms with Crippen LogP contribution in [0, 0.1) is 5.92 Å². The zero-order valence-electron chi connectivity index (χ0n) is 11.2. The first-order valence-electron chi connectivity index (χ1n) is 6.69. The van der Waals surface area contributed by atoms with E-state index >= 15 is 0 Å². The summed E-state index contributed by atoms with van der Waals surface area (Å²) in [5, 5.41) is 0. The molecule has 3 nitrogen and oxygen atoms in total. The summed E-state index contributed by atoms with van der Waals surface area (Å²) in [6.45, 7) is 5.90. The molecule has 0 aromatic heterocycles. The van der Waals surface area contributed by atoms with Gasteiger partial charge in [0.05, 0.1) is 0 Å². The van der Waals surface area contributed by atoms with Gasteiger partial charge in [0, 0.05) is 31.1 Å². The predicted octanol–water partition coefficient (Wildman–Crippen LogP) is 2.63. The van der Waals surface area contributed by atoms with Gasteiger partial charge >= 0.3 is 0 Å². The maximum Gasteiger partial charge on any atom is 0.222 e. The van der Waals surface area contributed by atoms with Crippen LogP contribution in [0.15, 0.2) is 24.3 Å². The summed E-state index contributed by atoms with van der Waals surface area (Å²) in [6.07, 6.45) is 1.71. The molecule has 0 radical (unpaired) electrons. The van der Waals surface area contributed by atoms with Crippen molar-refractivity contribution in [3.05, 3.63) is 29.8 Å². The van der Waals surface area contributed by atoms with Crippen LogP contribution in [-0.2, 0) is 4.79 Å². The Bertz CT molecular complexity index is 428. The number of anilines is 1. The van der Waals surface area contributed by atoms with Crippen molar-refractivity contribution >= 4 is 11.6 Å². The van der Waals surface area contributed by atoms with E-state index in [9.17, 15) is 4.79 Å². The second-order valence-electron chi connectivity index (χ2n) is 5.59. The quantitative estimate of drug-likeness (QED) is 0.833. The molecule has 1 saturated heterocycles. The number of hydrogen-bond donors (Lipinski definition) is 1. The topological polar surface area (TPSA) is 46.3 Å². The maximum atomic E-state index is 12.0. The molecule has 1 fully saturated rings. The first-order valence-corrected chi connectivity index (χ1v) is 6.69. The van der Waals surface area contributed by atoms with Crippen molar-refractivity contribution in [3.63, 3.8) is 0 Å². The molecule has 3 heteroatoms. The van der Waals surface area contributed by atoms with Gasteiger partial charge in [0.25, 0.3) is 0 Å². The fourth-order valence-corrected chi connectivity index (χ4v) is 2.55. The molecule has 2 rings (SSSR count). The van der Waals surface area contributed by atoms with Crippen molar-refractivity contribution in [2.24, 2.45) is 5.92 Å². The van der Waals surface area contributed by atoms with Gasteiger partial charge in [-0.05, 0) is 30.0 Å². The highest BCUT2D eigenvalue weighted by molar-refractivity contribution is 5.76. The average molecular weight is 246 g/mol. The fourth-order valence-electron chi connectivity index (χ4n) is 2.55. The first-order chi connectivity index (χ1) is 8.56. The third-order valence-electron chi connectivity index (χ3n) is 3.51. The lowest BCUT2D eigenvalue weighted by Gasteiger charge is -2.18. The normalized spacial score (nSPS) is 19.5. The molecule has 1 amide bonds. The lowest BCUT2D eigenvalue weighted by Crippen LogP contribution is -2.29. The molecular formula is C15H22N2O. The maximum absolute atomic E-state index is 12.0. The summed E-state index contributed by atoms with van der Waals surface area (Å²) in [5.41, 5.74) is 7.87. The highest BCUT2D eigenvalue weighted by atomic mass is 16.2. The molecule has 0 bridgehead atoms. The number of benzene rings is 1. The highest BCUT2D eigenvalue weighted by Gasteiger charge is 2.27. The van der Waals surface area contributed by atoms with Gasteiger partial charge in [0.15, 0.2) is 0 Å². The lowest BCUT2D eigenvalue weighted by atomic mass is 9.98. The molecule has 98 valence electrons. The zero-order valence-corrected chi connectivity index (χ0v) is 11.2. The number of carbonyl (C=O) groups is 1. The molecule has 0 spiro atoms. The van der Waals surface area contributed by atoms with E-state index in [4.69, 9.17) is 5.73 Å². The van der Waals surface area contributed by atoms with E-state index < -0.39 is 0 Å². The van der Waals surface area contributed by atoms with Gasteiger partial charge in [-0.3, -0.25) is 4.79 Å². The van der Waals surface area contributed by atoms with E-state index in [1.54, 1.807) is 0 Å². The smallest absolute Gasteiger partial charge is 0.222 e. The molecule has 1 aromatic carbocycles. The van der Waals surface area contributed by atoms with Crippen LogP contribution >= 0.6 is 0 Å². The second-order valence-corrected chi connectivity index (χ2v) is 5.59. The van der Waals surface area contributed by atoms with Gasteiger partial charge in [-0.25, -0.2) is 0 Å². The third kappa shape index (κ3) is 3.03. The molecule has 1 aliphatic heterocycles. The van der Waals surface area contributed by atoms with E-state index in [2.05, 4.69) is 19.9 Å². The number of rotatable bonds is 3. The number of amides is 1. The van der Waals surface area contributed by atoms with E-state index in [0.29, 0.717) is 18.3 Å². The van der Waals surface area contributed by atoms with Crippen molar-refractivity contribution in [1.29, 1.82) is 0 Å². The van der Waals surface area contributed by atoms with Gasteiger partial charge in [0.1, 0.15) is 0 Å². The Kier molecular flexibility index (Phi) is 3.90. The molecular weight excluding hydrogens is 224 g/mol. The van der Waals surface area contributed by atoms with Crippen LogP contribution in [0.5, 0.6) is 0 Å². The summed E-state index contributed by atoms with van der Waals surface area (Å²) in [4.78, 5) is 14.0. The van der Waals surface area contributed by atoms with E-state index in [0.717, 1.165) is 25.2 Å². The van der Waals surface area contributed by atoms with Crippen molar-refractivity contribution in [3.8, 4) is 0 Å². The predicted molar refractivity (Wildman–Crippen MR) is 74.2 cm³/mol. The minimum atomic E-state index is 0.288. The number of nitrogens with zero attached hydrogens (tertiary/aromatic N) is 1. The second kappa shape index (κ2) is 5.42. The van der Waals surface area contributed by atoms with Gasteiger partial charge in [0.2, 0.25) is 5.91 Å². The standard InChI is InChI=1S/C15H22N2O/c1-11(2)8-15(18)17-7-6-13(10-17)12-4-3-5-14(16)9-12/h3-5,9,11,13H,6-8,10,16H2,1-2H3. The summed E-state index contributed by atoms with van der Waals surface area (Å²) < 4.78 is 0. The summed E-state index contributed by atoms with van der Waals surface area (Å²) in [5.74, 6) is 1.17. The van der Waals surface area contributed by atoms with E-state index in [1.807, 2.05) is 23.1 Å². The molecule has 1 aliphatic rings. The number of nitrogens with two attached hydrogens (primary N) is 1. The van der Waals surface area contributed by atoms with Crippen LogP contribution < -0.4 is 5.73 Å². The highest BCUT2D eigenvalue weighted by Crippen LogP contribution is 2.28. The molecule has 0 saturated carbocycles. The number of carbonyl (C=O) groups excluding carboxylic acids is 1. The largest absolute Gasteiger partial charge is 0.399 e. The van der Waals surface area contributed by atoms with Crippen LogP contribution in [0.25, 0.3) is 0 Å². The molecule has 1 heterocycles. The van der Waals surface area contributed by atoms with Crippen molar-refractivity contribution in [2.45, 2.75) is 32.6 Å². The Morgan fingerprint density at radius 2 is 2.28 bits per heavy atom. The minimum absolute atomic E-state index is 0.288. The average Bonchev–Trinajstić information content (AvgIpc) is 2.77. The Labute approximate surface area is 109 Å². The Morgan fingerprint density at radius 3 is 2.94 bits per heavy atom. The number of likely N-dealkylation sites (tertiary alicyclic amines) is 1. The van der Waals surface area contributed by atoms with Crippen molar-refractivity contribution < 1.29 is 4.79 Å². The van der Waals surface area contributed by atoms with Gasteiger partial charge < -0.3 is 10.6 Å². The van der Waals surface area contributed by atoms with Crippen LogP contribution in [-0.4, -0.2) is 23.9 Å². The van der Waals surface area contributed by atoms with Gasteiger partial charge in [-0.2, -0.15) is 0 Å². The van der Waals surface area contributed by atoms with Crippen molar-refractivity contribution in [1.82, 2.24) is 4.90 Å². The Morgan fingerprint density at radius 1 is 1.50 bits per heavy atom. The SMILES string of the molecule is CC(C)CC(=O)N1CCC(c2cccc(N)c2)C1. The third-order valence-corrected chi connectivity index (χ3v) is 3.51. The summed E-state index contributed by atoms with van der Waals surface area (Å²) >= 11 is 0. The van der Waals surface area contributed by atoms with Gasteiger partial charge in [-0.1, -0.05) is 26.0 Å². The first kappa shape index (κ1) is 12.9. The van der Waals surface area contributed by atoms with E-state index in [-0.39, 0.29) is 5.91 Å². The molecule has 2 N–H and O–H groups in total. The van der Waals surface area contributed by atoms with Crippen molar-refractivity contribution in [2.75, 3.05) is 18.8 Å². The number of hydrogen-bond acceptors (Lipinski definition) is 2. The lowest BCUT2D eigenvalue weighted by molar-refractivity contribution is -0.130. The molecule has 18 heavy (non-hydrogen) atoms. The summed E-state index contributed by atoms with van der Waals surface area (Å²) in [7, 11) is 0. The Hall–Kier alpha value is -1.51. The monoisotopic (exact) mass is 246 g/mol. The van der Waals surface area contributed by atoms with Crippen LogP contribution in [0.4, 0.5) is 5.69 Å². The Balaban J connectivity index is 1.98. The molecule has 1 unspecified atom stereocenters. The van der Waals surface area contributed by atoms with Crippen LogP contribution in [0.1, 0.15) is 38.2 Å². The molecule has 1 aromatic rings.